The molecule has 1 amide bonds. The molecule has 0 unspecified atom stereocenters. The second-order valence-electron chi connectivity index (χ2n) is 4.62. The molecular formula is C13H13N5OS. The Hall–Kier alpha value is -2.20. The number of hydrogen-bond acceptors (Lipinski definition) is 5. The Morgan fingerprint density at radius 3 is 3.10 bits per heavy atom. The van der Waals surface area contributed by atoms with Crippen LogP contribution in [0.15, 0.2) is 28.1 Å². The molecule has 0 saturated carbocycles. The fourth-order valence-electron chi connectivity index (χ4n) is 2.02. The molecule has 6 nitrogen and oxygen atoms in total. The maximum absolute atomic E-state index is 12.1. The number of hydrogen-bond donors (Lipinski definition) is 1. The average Bonchev–Trinajstić information content (AvgIpc) is 2.86. The van der Waals surface area contributed by atoms with Crippen molar-refractivity contribution in [3.8, 4) is 12.3 Å². The van der Waals surface area contributed by atoms with Gasteiger partial charge in [-0.25, -0.2) is 4.98 Å². The van der Waals surface area contributed by atoms with E-state index in [1.807, 2.05) is 5.38 Å². The molecular weight excluding hydrogens is 274 g/mol. The van der Waals surface area contributed by atoms with Crippen LogP contribution in [-0.4, -0.2) is 27.5 Å². The SMILES string of the molecule is C#CCCC1(CCNC(=O)c2csc3cncn23)N=N1. The van der Waals surface area contributed by atoms with Gasteiger partial charge in [-0.05, 0) is 0 Å². The van der Waals surface area contributed by atoms with Crippen LogP contribution in [0.4, 0.5) is 0 Å². The molecule has 7 heteroatoms. The lowest BCUT2D eigenvalue weighted by Crippen LogP contribution is -2.29. The summed E-state index contributed by atoms with van der Waals surface area (Å²) in [5.74, 6) is 2.48. The number of imidazole rings is 1. The lowest BCUT2D eigenvalue weighted by atomic mass is 10.0. The molecule has 2 aromatic rings. The lowest BCUT2D eigenvalue weighted by molar-refractivity contribution is 0.0946. The molecule has 0 radical (unpaired) electrons. The van der Waals surface area contributed by atoms with Gasteiger partial charge in [0.1, 0.15) is 16.9 Å². The van der Waals surface area contributed by atoms with Crippen molar-refractivity contribution in [3.63, 3.8) is 0 Å². The topological polar surface area (TPSA) is 71.1 Å². The first kappa shape index (κ1) is 12.8. The summed E-state index contributed by atoms with van der Waals surface area (Å²) >= 11 is 1.49. The minimum Gasteiger partial charge on any atom is -0.351 e. The first-order valence-electron chi connectivity index (χ1n) is 6.29. The molecule has 0 bridgehead atoms. The summed E-state index contributed by atoms with van der Waals surface area (Å²) in [5, 5.41) is 12.8. The molecule has 1 N–H and O–H groups in total. The summed E-state index contributed by atoms with van der Waals surface area (Å²) in [7, 11) is 0. The summed E-state index contributed by atoms with van der Waals surface area (Å²) < 4.78 is 1.78. The number of fused-ring (bicyclic) bond motifs is 1. The third kappa shape index (κ3) is 2.42. The number of aromatic nitrogens is 2. The minimum atomic E-state index is -0.349. The Morgan fingerprint density at radius 1 is 1.50 bits per heavy atom. The molecule has 3 heterocycles. The van der Waals surface area contributed by atoms with Crippen LogP contribution >= 0.6 is 11.3 Å². The Morgan fingerprint density at radius 2 is 2.35 bits per heavy atom. The smallest absolute Gasteiger partial charge is 0.269 e. The van der Waals surface area contributed by atoms with Gasteiger partial charge in [0.05, 0.1) is 6.20 Å². The Balaban J connectivity index is 1.53. The quantitative estimate of drug-likeness (QED) is 0.826. The van der Waals surface area contributed by atoms with Gasteiger partial charge in [0, 0.05) is 31.2 Å². The number of nitrogens with zero attached hydrogens (tertiary/aromatic N) is 4. The van der Waals surface area contributed by atoms with Crippen molar-refractivity contribution in [1.82, 2.24) is 14.7 Å². The van der Waals surface area contributed by atoms with Crippen molar-refractivity contribution < 1.29 is 4.79 Å². The Kier molecular flexibility index (Phi) is 3.24. The van der Waals surface area contributed by atoms with Gasteiger partial charge in [-0.3, -0.25) is 9.20 Å². The minimum absolute atomic E-state index is 0.109. The number of terminal acetylenes is 1. The third-order valence-electron chi connectivity index (χ3n) is 3.25. The summed E-state index contributed by atoms with van der Waals surface area (Å²) in [6.45, 7) is 0.530. The van der Waals surface area contributed by atoms with Crippen molar-refractivity contribution in [2.24, 2.45) is 10.2 Å². The lowest BCUT2D eigenvalue weighted by Gasteiger charge is -2.09. The molecule has 0 aliphatic carbocycles. The van der Waals surface area contributed by atoms with Crippen LogP contribution < -0.4 is 5.32 Å². The molecule has 2 aromatic heterocycles. The second kappa shape index (κ2) is 5.06. The van der Waals surface area contributed by atoms with Crippen LogP contribution in [0.1, 0.15) is 29.8 Å². The standard InChI is InChI=1S/C13H13N5OS/c1-2-3-4-13(16-17-13)5-6-15-12(19)10-8-20-11-7-14-9-18(10)11/h1,7-9H,3-6H2,(H,15,19). The van der Waals surface area contributed by atoms with Crippen molar-refractivity contribution in [1.29, 1.82) is 0 Å². The third-order valence-corrected chi connectivity index (χ3v) is 4.14. The van der Waals surface area contributed by atoms with E-state index in [1.54, 1.807) is 16.9 Å². The normalized spacial score (nSPS) is 15.2. The summed E-state index contributed by atoms with van der Waals surface area (Å²) in [6, 6.07) is 0. The van der Waals surface area contributed by atoms with Crippen LogP contribution in [0.25, 0.3) is 4.83 Å². The molecule has 0 fully saturated rings. The number of carbonyl (C=O) groups excluding carboxylic acids is 1. The van der Waals surface area contributed by atoms with Gasteiger partial charge < -0.3 is 5.32 Å². The van der Waals surface area contributed by atoms with Gasteiger partial charge in [0.15, 0.2) is 5.66 Å². The van der Waals surface area contributed by atoms with Crippen molar-refractivity contribution in [2.75, 3.05) is 6.54 Å². The largest absolute Gasteiger partial charge is 0.351 e. The van der Waals surface area contributed by atoms with E-state index in [-0.39, 0.29) is 11.6 Å². The van der Waals surface area contributed by atoms with E-state index in [2.05, 4.69) is 26.4 Å². The predicted octanol–water partition coefficient (Wildman–Crippen LogP) is 2.09. The number of thiazole rings is 1. The molecule has 1 aliphatic rings. The molecule has 0 aromatic carbocycles. The molecule has 1 aliphatic heterocycles. The molecule has 0 atom stereocenters. The van der Waals surface area contributed by atoms with Crippen molar-refractivity contribution in [3.05, 3.63) is 23.6 Å². The zero-order valence-electron chi connectivity index (χ0n) is 10.7. The first-order chi connectivity index (χ1) is 9.74. The number of rotatable bonds is 6. The van der Waals surface area contributed by atoms with E-state index < -0.39 is 0 Å². The zero-order chi connectivity index (χ0) is 14.0. The highest BCUT2D eigenvalue weighted by Crippen LogP contribution is 2.36. The molecule has 102 valence electrons. The summed E-state index contributed by atoms with van der Waals surface area (Å²) in [4.78, 5) is 17.1. The van der Waals surface area contributed by atoms with E-state index in [0.29, 0.717) is 25.1 Å². The van der Waals surface area contributed by atoms with Gasteiger partial charge in [-0.1, -0.05) is 0 Å². The van der Waals surface area contributed by atoms with Crippen LogP contribution in [0, 0.1) is 12.3 Å². The number of carbonyl (C=O) groups is 1. The van der Waals surface area contributed by atoms with Crippen LogP contribution in [0.3, 0.4) is 0 Å². The Labute approximate surface area is 119 Å². The zero-order valence-corrected chi connectivity index (χ0v) is 11.6. The second-order valence-corrected chi connectivity index (χ2v) is 5.50. The Bertz CT molecular complexity index is 702. The van der Waals surface area contributed by atoms with E-state index >= 15 is 0 Å². The van der Waals surface area contributed by atoms with E-state index in [0.717, 1.165) is 11.3 Å². The highest BCUT2D eigenvalue weighted by molar-refractivity contribution is 7.15. The van der Waals surface area contributed by atoms with E-state index in [4.69, 9.17) is 6.42 Å². The first-order valence-corrected chi connectivity index (χ1v) is 7.17. The van der Waals surface area contributed by atoms with Crippen molar-refractivity contribution in [2.45, 2.75) is 24.9 Å². The van der Waals surface area contributed by atoms with E-state index in [1.165, 1.54) is 11.3 Å². The van der Waals surface area contributed by atoms with Gasteiger partial charge in [-0.15, -0.1) is 23.7 Å². The monoisotopic (exact) mass is 287 g/mol. The predicted molar refractivity (Wildman–Crippen MR) is 75.7 cm³/mol. The highest BCUT2D eigenvalue weighted by Gasteiger charge is 2.38. The molecule has 20 heavy (non-hydrogen) atoms. The molecule has 0 spiro atoms. The highest BCUT2D eigenvalue weighted by atomic mass is 32.1. The number of amides is 1. The number of nitrogens with one attached hydrogen (secondary N) is 1. The fourth-order valence-corrected chi connectivity index (χ4v) is 2.86. The summed E-state index contributed by atoms with van der Waals surface area (Å²) in [5.41, 5.74) is 0.253. The van der Waals surface area contributed by atoms with Gasteiger partial charge >= 0.3 is 0 Å². The average molecular weight is 287 g/mol. The molecule has 0 saturated heterocycles. The van der Waals surface area contributed by atoms with Crippen LogP contribution in [0.5, 0.6) is 0 Å². The molecule has 3 rings (SSSR count). The van der Waals surface area contributed by atoms with Crippen LogP contribution in [0.2, 0.25) is 0 Å². The van der Waals surface area contributed by atoms with E-state index in [9.17, 15) is 4.79 Å². The summed E-state index contributed by atoms with van der Waals surface area (Å²) in [6.07, 6.45) is 10.7. The maximum atomic E-state index is 12.1. The van der Waals surface area contributed by atoms with Crippen molar-refractivity contribution >= 4 is 22.1 Å². The van der Waals surface area contributed by atoms with Gasteiger partial charge in [0.25, 0.3) is 5.91 Å². The van der Waals surface area contributed by atoms with Gasteiger partial charge in [0.2, 0.25) is 0 Å². The fraction of sp³-hybridized carbons (Fsp3) is 0.385. The van der Waals surface area contributed by atoms with Gasteiger partial charge in [-0.2, -0.15) is 10.2 Å². The van der Waals surface area contributed by atoms with Crippen LogP contribution in [-0.2, 0) is 0 Å². The maximum Gasteiger partial charge on any atom is 0.269 e.